The SMILES string of the molecule is CCc1cc(OCCCC(=O)O)ccc1-c1nc(-c2ccc(OC(C)C)c(C#N)c2)ns1. The highest BCUT2D eigenvalue weighted by molar-refractivity contribution is 7.09. The molecule has 0 aliphatic carbocycles. The number of hydrogen-bond acceptors (Lipinski definition) is 7. The van der Waals surface area contributed by atoms with Crippen LogP contribution in [0.5, 0.6) is 11.5 Å². The molecule has 3 aromatic rings. The van der Waals surface area contributed by atoms with Gasteiger partial charge in [-0.05, 0) is 80.2 Å². The smallest absolute Gasteiger partial charge is 0.303 e. The van der Waals surface area contributed by atoms with Crippen LogP contribution in [0.25, 0.3) is 22.0 Å². The summed E-state index contributed by atoms with van der Waals surface area (Å²) in [6.45, 7) is 6.25. The van der Waals surface area contributed by atoms with Crippen LogP contribution in [0.1, 0.15) is 44.7 Å². The van der Waals surface area contributed by atoms with Crippen LogP contribution in [0.3, 0.4) is 0 Å². The molecule has 1 N–H and O–H groups in total. The van der Waals surface area contributed by atoms with Crippen molar-refractivity contribution >= 4 is 17.5 Å². The first-order valence-corrected chi connectivity index (χ1v) is 11.2. The maximum Gasteiger partial charge on any atom is 0.303 e. The van der Waals surface area contributed by atoms with Gasteiger partial charge in [0.1, 0.15) is 22.6 Å². The monoisotopic (exact) mass is 451 g/mol. The second kappa shape index (κ2) is 10.7. The minimum atomic E-state index is -0.825. The van der Waals surface area contributed by atoms with Crippen LogP contribution in [-0.4, -0.2) is 33.1 Å². The minimum absolute atomic E-state index is 0.0199. The summed E-state index contributed by atoms with van der Waals surface area (Å²) < 4.78 is 15.9. The van der Waals surface area contributed by atoms with E-state index in [1.165, 1.54) is 11.5 Å². The summed E-state index contributed by atoms with van der Waals surface area (Å²) in [5.41, 5.74) is 3.26. The zero-order chi connectivity index (χ0) is 23.1. The van der Waals surface area contributed by atoms with Crippen molar-refractivity contribution in [3.05, 3.63) is 47.5 Å². The van der Waals surface area contributed by atoms with E-state index in [0.29, 0.717) is 35.9 Å². The van der Waals surface area contributed by atoms with Gasteiger partial charge in [-0.3, -0.25) is 4.79 Å². The molecule has 7 nitrogen and oxygen atoms in total. The number of aliphatic carboxylic acids is 1. The lowest BCUT2D eigenvalue weighted by atomic mass is 10.1. The Bertz CT molecular complexity index is 1130. The average Bonchev–Trinajstić information content (AvgIpc) is 3.26. The largest absolute Gasteiger partial charge is 0.494 e. The number of benzene rings is 2. The van der Waals surface area contributed by atoms with Crippen molar-refractivity contribution in [2.24, 2.45) is 0 Å². The molecule has 8 heteroatoms. The second-order valence-corrected chi connectivity index (χ2v) is 8.18. The number of nitriles is 1. The van der Waals surface area contributed by atoms with E-state index in [2.05, 4.69) is 17.4 Å². The summed E-state index contributed by atoms with van der Waals surface area (Å²) in [5.74, 6) is 0.997. The van der Waals surface area contributed by atoms with E-state index in [9.17, 15) is 10.1 Å². The predicted molar refractivity (Wildman–Crippen MR) is 123 cm³/mol. The van der Waals surface area contributed by atoms with Crippen molar-refractivity contribution in [3.8, 4) is 39.5 Å². The van der Waals surface area contributed by atoms with E-state index < -0.39 is 5.97 Å². The first-order valence-electron chi connectivity index (χ1n) is 10.4. The third kappa shape index (κ3) is 5.83. The van der Waals surface area contributed by atoms with E-state index in [1.54, 1.807) is 12.1 Å². The topological polar surface area (TPSA) is 105 Å². The van der Waals surface area contributed by atoms with E-state index in [4.69, 9.17) is 19.6 Å². The van der Waals surface area contributed by atoms with Gasteiger partial charge in [0.25, 0.3) is 0 Å². The fourth-order valence-electron chi connectivity index (χ4n) is 3.14. The standard InChI is InChI=1S/C24H25N3O4S/c1-4-16-13-19(30-11-5-6-22(28)29)8-9-20(16)24-26-23(27-32-24)17-7-10-21(31-15(2)3)18(12-17)14-25/h7-10,12-13,15H,4-6,11H2,1-3H3,(H,28,29). The summed E-state index contributed by atoms with van der Waals surface area (Å²) in [7, 11) is 0. The number of carbonyl (C=O) groups is 1. The van der Waals surface area contributed by atoms with Crippen LogP contribution in [-0.2, 0) is 11.2 Å². The van der Waals surface area contributed by atoms with Gasteiger partial charge in [-0.2, -0.15) is 9.64 Å². The van der Waals surface area contributed by atoms with Gasteiger partial charge < -0.3 is 14.6 Å². The highest BCUT2D eigenvalue weighted by Crippen LogP contribution is 2.32. The number of carboxylic acids is 1. The van der Waals surface area contributed by atoms with Crippen LogP contribution in [0.2, 0.25) is 0 Å². The number of nitrogens with zero attached hydrogens (tertiary/aromatic N) is 3. The lowest BCUT2D eigenvalue weighted by molar-refractivity contribution is -0.137. The number of aromatic nitrogens is 2. The first-order chi connectivity index (χ1) is 15.4. The molecule has 32 heavy (non-hydrogen) atoms. The summed E-state index contributed by atoms with van der Waals surface area (Å²) >= 11 is 1.30. The van der Waals surface area contributed by atoms with Crippen molar-refractivity contribution in [3.63, 3.8) is 0 Å². The summed E-state index contributed by atoms with van der Waals surface area (Å²) in [4.78, 5) is 15.3. The summed E-state index contributed by atoms with van der Waals surface area (Å²) in [5, 5.41) is 19.0. The van der Waals surface area contributed by atoms with E-state index in [-0.39, 0.29) is 12.5 Å². The van der Waals surface area contributed by atoms with Gasteiger partial charge in [-0.1, -0.05) is 6.92 Å². The lowest BCUT2D eigenvalue weighted by Crippen LogP contribution is -2.06. The van der Waals surface area contributed by atoms with Crippen LogP contribution in [0.15, 0.2) is 36.4 Å². The lowest BCUT2D eigenvalue weighted by Gasteiger charge is -2.11. The molecule has 0 saturated carbocycles. The van der Waals surface area contributed by atoms with E-state index >= 15 is 0 Å². The van der Waals surface area contributed by atoms with Crippen molar-refractivity contribution in [2.75, 3.05) is 6.61 Å². The molecule has 0 spiro atoms. The summed E-state index contributed by atoms with van der Waals surface area (Å²) in [6, 6.07) is 13.3. The maximum atomic E-state index is 10.6. The van der Waals surface area contributed by atoms with Crippen molar-refractivity contribution in [1.29, 1.82) is 5.26 Å². The first kappa shape index (κ1) is 23.2. The highest BCUT2D eigenvalue weighted by Gasteiger charge is 2.15. The normalized spacial score (nSPS) is 10.7. The number of aryl methyl sites for hydroxylation is 1. The van der Waals surface area contributed by atoms with Gasteiger partial charge in [-0.15, -0.1) is 0 Å². The molecular weight excluding hydrogens is 426 g/mol. The minimum Gasteiger partial charge on any atom is -0.494 e. The molecule has 0 amide bonds. The quantitative estimate of drug-likeness (QED) is 0.415. The Balaban J connectivity index is 1.80. The molecule has 0 aliphatic heterocycles. The highest BCUT2D eigenvalue weighted by atomic mass is 32.1. The second-order valence-electron chi connectivity index (χ2n) is 7.43. The predicted octanol–water partition coefficient (Wildman–Crippen LogP) is 5.34. The Morgan fingerprint density at radius 1 is 1.25 bits per heavy atom. The molecule has 1 heterocycles. The van der Waals surface area contributed by atoms with Gasteiger partial charge in [0.05, 0.1) is 18.3 Å². The van der Waals surface area contributed by atoms with E-state index in [1.807, 2.05) is 38.1 Å². The molecule has 3 rings (SSSR count). The molecule has 0 saturated heterocycles. The van der Waals surface area contributed by atoms with Gasteiger partial charge in [0.15, 0.2) is 5.82 Å². The Kier molecular flexibility index (Phi) is 7.79. The van der Waals surface area contributed by atoms with Crippen LogP contribution >= 0.6 is 11.5 Å². The van der Waals surface area contributed by atoms with Crippen LogP contribution in [0.4, 0.5) is 0 Å². The van der Waals surface area contributed by atoms with Gasteiger partial charge in [0.2, 0.25) is 0 Å². The maximum absolute atomic E-state index is 10.6. The molecule has 1 aromatic heterocycles. The van der Waals surface area contributed by atoms with E-state index in [0.717, 1.165) is 28.1 Å². The fraction of sp³-hybridized carbons (Fsp3) is 0.333. The van der Waals surface area contributed by atoms with Gasteiger partial charge in [0, 0.05) is 17.5 Å². The van der Waals surface area contributed by atoms with Gasteiger partial charge in [-0.25, -0.2) is 4.98 Å². The molecule has 0 atom stereocenters. The third-order valence-electron chi connectivity index (χ3n) is 4.64. The third-order valence-corrected chi connectivity index (χ3v) is 5.39. The average molecular weight is 452 g/mol. The van der Waals surface area contributed by atoms with Crippen molar-refractivity contribution in [1.82, 2.24) is 9.36 Å². The molecule has 0 aliphatic rings. The molecule has 0 radical (unpaired) electrons. The molecule has 0 unspecified atom stereocenters. The van der Waals surface area contributed by atoms with Crippen LogP contribution in [0, 0.1) is 11.3 Å². The number of rotatable bonds is 10. The molecule has 2 aromatic carbocycles. The van der Waals surface area contributed by atoms with Crippen LogP contribution < -0.4 is 9.47 Å². The molecule has 0 fully saturated rings. The molecule has 166 valence electrons. The Morgan fingerprint density at radius 3 is 2.75 bits per heavy atom. The Morgan fingerprint density at radius 2 is 2.06 bits per heavy atom. The number of ether oxygens (including phenoxy) is 2. The van der Waals surface area contributed by atoms with Gasteiger partial charge >= 0.3 is 5.97 Å². The van der Waals surface area contributed by atoms with Crippen molar-refractivity contribution in [2.45, 2.75) is 46.1 Å². The number of hydrogen-bond donors (Lipinski definition) is 1. The van der Waals surface area contributed by atoms with Crippen molar-refractivity contribution < 1.29 is 19.4 Å². The number of carboxylic acid groups (broad SMARTS) is 1. The Hall–Kier alpha value is -3.44. The Labute approximate surface area is 191 Å². The summed E-state index contributed by atoms with van der Waals surface area (Å²) in [6.07, 6.45) is 1.32. The zero-order valence-electron chi connectivity index (χ0n) is 18.3. The molecule has 0 bridgehead atoms. The fourth-order valence-corrected chi connectivity index (χ4v) is 3.88. The zero-order valence-corrected chi connectivity index (χ0v) is 19.1. The molecular formula is C24H25N3O4S.